The molecular weight excluding hydrogens is 212 g/mol. The Hall–Kier alpha value is -1.09. The van der Waals surface area contributed by atoms with Crippen LogP contribution in [0.5, 0.6) is 0 Å². The Labute approximate surface area is 103 Å². The molecule has 3 nitrogen and oxygen atoms in total. The number of aromatic nitrogens is 1. The first-order chi connectivity index (χ1) is 8.01. The first kappa shape index (κ1) is 12.4. The summed E-state index contributed by atoms with van der Waals surface area (Å²) in [5.74, 6) is 0.924. The summed E-state index contributed by atoms with van der Waals surface area (Å²) < 4.78 is 0. The minimum absolute atomic E-state index is 0.332. The van der Waals surface area contributed by atoms with E-state index in [0.717, 1.165) is 24.1 Å². The summed E-state index contributed by atoms with van der Waals surface area (Å²) in [6.45, 7) is 4.35. The van der Waals surface area contributed by atoms with Crippen molar-refractivity contribution >= 4 is 5.69 Å². The van der Waals surface area contributed by atoms with Crippen molar-refractivity contribution in [2.24, 2.45) is 11.8 Å². The maximum atomic E-state index is 10.8. The minimum Gasteiger partial charge on any atom is -0.398 e. The van der Waals surface area contributed by atoms with Crippen molar-refractivity contribution in [1.29, 1.82) is 0 Å². The Balaban J connectivity index is 2.18. The van der Waals surface area contributed by atoms with E-state index >= 15 is 0 Å². The highest BCUT2D eigenvalue weighted by Gasteiger charge is 2.39. The van der Waals surface area contributed by atoms with Crippen molar-refractivity contribution in [3.63, 3.8) is 0 Å². The molecule has 1 fully saturated rings. The molecular formula is C14H22N2O. The first-order valence-electron chi connectivity index (χ1n) is 6.42. The van der Waals surface area contributed by atoms with Crippen molar-refractivity contribution < 1.29 is 5.11 Å². The van der Waals surface area contributed by atoms with Crippen LogP contribution in [-0.4, -0.2) is 15.7 Å². The quantitative estimate of drug-likeness (QED) is 0.826. The van der Waals surface area contributed by atoms with Crippen LogP contribution in [0, 0.1) is 11.8 Å². The standard InChI is InChI=1S/C14H22N2O/c1-10-3-4-11(2)14(17,7-10)8-12-9-16-6-5-13(12)15/h5-6,9-11,17H,3-4,7-8H2,1-2H3,(H2,15,16). The second-order valence-electron chi connectivity index (χ2n) is 5.64. The van der Waals surface area contributed by atoms with Gasteiger partial charge in [-0.15, -0.1) is 0 Å². The molecule has 2 rings (SSSR count). The van der Waals surface area contributed by atoms with Gasteiger partial charge in [-0.1, -0.05) is 20.3 Å². The van der Waals surface area contributed by atoms with Crippen LogP contribution in [-0.2, 0) is 6.42 Å². The zero-order valence-electron chi connectivity index (χ0n) is 10.7. The van der Waals surface area contributed by atoms with E-state index in [1.807, 2.05) is 0 Å². The Morgan fingerprint density at radius 2 is 2.24 bits per heavy atom. The van der Waals surface area contributed by atoms with Gasteiger partial charge in [-0.2, -0.15) is 0 Å². The molecule has 3 N–H and O–H groups in total. The number of anilines is 1. The summed E-state index contributed by atoms with van der Waals surface area (Å²) in [4.78, 5) is 4.10. The summed E-state index contributed by atoms with van der Waals surface area (Å²) in [6.07, 6.45) is 7.26. The Morgan fingerprint density at radius 1 is 1.47 bits per heavy atom. The van der Waals surface area contributed by atoms with Gasteiger partial charge < -0.3 is 10.8 Å². The summed E-state index contributed by atoms with van der Waals surface area (Å²) in [7, 11) is 0. The molecule has 3 unspecified atom stereocenters. The van der Waals surface area contributed by atoms with Crippen molar-refractivity contribution in [2.75, 3.05) is 5.73 Å². The molecule has 0 radical (unpaired) electrons. The number of pyridine rings is 1. The van der Waals surface area contributed by atoms with E-state index in [-0.39, 0.29) is 0 Å². The summed E-state index contributed by atoms with van der Waals surface area (Å²) >= 11 is 0. The molecule has 1 heterocycles. The van der Waals surface area contributed by atoms with Crippen LogP contribution in [0.3, 0.4) is 0 Å². The molecule has 0 amide bonds. The van der Waals surface area contributed by atoms with E-state index in [0.29, 0.717) is 18.3 Å². The molecule has 0 aliphatic heterocycles. The molecule has 0 spiro atoms. The Kier molecular flexibility index (Phi) is 3.38. The summed E-state index contributed by atoms with van der Waals surface area (Å²) in [6, 6.07) is 1.80. The van der Waals surface area contributed by atoms with Crippen LogP contribution in [0.4, 0.5) is 5.69 Å². The molecule has 1 saturated carbocycles. The van der Waals surface area contributed by atoms with Crippen molar-refractivity contribution in [1.82, 2.24) is 4.98 Å². The number of aliphatic hydroxyl groups is 1. The van der Waals surface area contributed by atoms with Gasteiger partial charge in [0.05, 0.1) is 5.60 Å². The van der Waals surface area contributed by atoms with Gasteiger partial charge in [-0.3, -0.25) is 4.98 Å². The number of nitrogens with zero attached hydrogens (tertiary/aromatic N) is 1. The highest BCUT2D eigenvalue weighted by atomic mass is 16.3. The van der Waals surface area contributed by atoms with Gasteiger partial charge in [-0.05, 0) is 36.3 Å². The Morgan fingerprint density at radius 3 is 2.94 bits per heavy atom. The Bertz CT molecular complexity index is 394. The molecule has 0 bridgehead atoms. The smallest absolute Gasteiger partial charge is 0.0717 e. The lowest BCUT2D eigenvalue weighted by atomic mass is 9.69. The van der Waals surface area contributed by atoms with E-state index in [9.17, 15) is 5.11 Å². The second-order valence-corrected chi connectivity index (χ2v) is 5.64. The van der Waals surface area contributed by atoms with Gasteiger partial charge in [0.25, 0.3) is 0 Å². The summed E-state index contributed by atoms with van der Waals surface area (Å²) in [5, 5.41) is 10.8. The number of nitrogen functional groups attached to an aromatic ring is 1. The van der Waals surface area contributed by atoms with Crippen LogP contribution in [0.25, 0.3) is 0 Å². The predicted molar refractivity (Wildman–Crippen MR) is 69.5 cm³/mol. The van der Waals surface area contributed by atoms with Crippen molar-refractivity contribution in [3.05, 3.63) is 24.0 Å². The monoisotopic (exact) mass is 234 g/mol. The van der Waals surface area contributed by atoms with Gasteiger partial charge in [-0.25, -0.2) is 0 Å². The predicted octanol–water partition coefficient (Wildman–Crippen LogP) is 2.39. The molecule has 0 aromatic carbocycles. The number of rotatable bonds is 2. The maximum absolute atomic E-state index is 10.8. The second kappa shape index (κ2) is 4.65. The molecule has 1 aromatic heterocycles. The number of hydrogen-bond acceptors (Lipinski definition) is 3. The maximum Gasteiger partial charge on any atom is 0.0717 e. The summed E-state index contributed by atoms with van der Waals surface area (Å²) in [5.41, 5.74) is 7.01. The fourth-order valence-electron chi connectivity index (χ4n) is 2.87. The molecule has 1 aliphatic rings. The van der Waals surface area contributed by atoms with Crippen LogP contribution < -0.4 is 5.73 Å². The van der Waals surface area contributed by atoms with Gasteiger partial charge in [0.2, 0.25) is 0 Å². The zero-order valence-corrected chi connectivity index (χ0v) is 10.7. The van der Waals surface area contributed by atoms with E-state index in [1.54, 1.807) is 18.5 Å². The normalized spacial score (nSPS) is 33.6. The lowest BCUT2D eigenvalue weighted by molar-refractivity contribution is -0.0559. The van der Waals surface area contributed by atoms with Crippen LogP contribution in [0.15, 0.2) is 18.5 Å². The van der Waals surface area contributed by atoms with Gasteiger partial charge in [0.15, 0.2) is 0 Å². The van der Waals surface area contributed by atoms with E-state index < -0.39 is 5.60 Å². The molecule has 3 heteroatoms. The average Bonchev–Trinajstić information content (AvgIpc) is 2.27. The van der Waals surface area contributed by atoms with E-state index in [4.69, 9.17) is 5.73 Å². The van der Waals surface area contributed by atoms with Crippen LogP contribution in [0.1, 0.15) is 38.7 Å². The minimum atomic E-state index is -0.616. The molecule has 1 aromatic rings. The lowest BCUT2D eigenvalue weighted by Gasteiger charge is -2.41. The van der Waals surface area contributed by atoms with Crippen molar-refractivity contribution in [3.8, 4) is 0 Å². The zero-order chi connectivity index (χ0) is 12.5. The van der Waals surface area contributed by atoms with Crippen LogP contribution >= 0.6 is 0 Å². The third-order valence-corrected chi connectivity index (χ3v) is 4.15. The van der Waals surface area contributed by atoms with E-state index in [2.05, 4.69) is 18.8 Å². The fourth-order valence-corrected chi connectivity index (χ4v) is 2.87. The average molecular weight is 234 g/mol. The van der Waals surface area contributed by atoms with Crippen molar-refractivity contribution in [2.45, 2.75) is 45.1 Å². The molecule has 3 atom stereocenters. The third kappa shape index (κ3) is 2.60. The SMILES string of the molecule is CC1CCC(C)C(O)(Cc2cnccc2N)C1. The van der Waals surface area contributed by atoms with Crippen LogP contribution in [0.2, 0.25) is 0 Å². The largest absolute Gasteiger partial charge is 0.398 e. The van der Waals surface area contributed by atoms with E-state index in [1.165, 1.54) is 6.42 Å². The highest BCUT2D eigenvalue weighted by molar-refractivity contribution is 5.45. The lowest BCUT2D eigenvalue weighted by Crippen LogP contribution is -2.43. The van der Waals surface area contributed by atoms with Gasteiger partial charge in [0.1, 0.15) is 0 Å². The number of nitrogens with two attached hydrogens (primary N) is 1. The fraction of sp³-hybridized carbons (Fsp3) is 0.643. The third-order valence-electron chi connectivity index (χ3n) is 4.15. The van der Waals surface area contributed by atoms with Gasteiger partial charge in [0, 0.05) is 24.5 Å². The highest BCUT2D eigenvalue weighted by Crippen LogP contribution is 2.39. The number of hydrogen-bond donors (Lipinski definition) is 2. The molecule has 94 valence electrons. The first-order valence-corrected chi connectivity index (χ1v) is 6.42. The molecule has 0 saturated heterocycles. The molecule has 17 heavy (non-hydrogen) atoms. The molecule has 1 aliphatic carbocycles. The van der Waals surface area contributed by atoms with Gasteiger partial charge >= 0.3 is 0 Å². The topological polar surface area (TPSA) is 59.1 Å².